The molecule has 2 aromatic rings. The van der Waals surface area contributed by atoms with E-state index >= 15 is 0 Å². The number of aryl methyl sites for hydroxylation is 1. The predicted octanol–water partition coefficient (Wildman–Crippen LogP) is 1.29. The Bertz CT molecular complexity index is 663. The molecule has 3 N–H and O–H groups in total. The van der Waals surface area contributed by atoms with Gasteiger partial charge >= 0.3 is 0 Å². The van der Waals surface area contributed by atoms with E-state index in [4.69, 9.17) is 18.0 Å². The number of hydrogen-bond donors (Lipinski definition) is 2. The first kappa shape index (κ1) is 14.2. The maximum Gasteiger partial charge on any atom is 0.251 e. The molecular weight excluding hydrogens is 272 g/mol. The Labute approximate surface area is 122 Å². The van der Waals surface area contributed by atoms with Crippen molar-refractivity contribution in [2.24, 2.45) is 12.8 Å². The Hall–Kier alpha value is -2.21. The SMILES string of the molecule is Cc1c(CNC(=O)c2cccc(C(N)=S)c2)cnn1C. The minimum Gasteiger partial charge on any atom is -0.389 e. The second kappa shape index (κ2) is 5.83. The molecule has 0 saturated carbocycles. The molecule has 0 aliphatic heterocycles. The van der Waals surface area contributed by atoms with Crippen molar-refractivity contribution in [2.45, 2.75) is 13.5 Å². The lowest BCUT2D eigenvalue weighted by atomic mass is 10.1. The van der Waals surface area contributed by atoms with Crippen LogP contribution in [0.15, 0.2) is 30.5 Å². The molecule has 1 heterocycles. The summed E-state index contributed by atoms with van der Waals surface area (Å²) in [6.07, 6.45) is 1.75. The maximum atomic E-state index is 12.1. The quantitative estimate of drug-likeness (QED) is 0.832. The topological polar surface area (TPSA) is 72.9 Å². The highest BCUT2D eigenvalue weighted by molar-refractivity contribution is 7.80. The molecule has 1 aromatic heterocycles. The highest BCUT2D eigenvalue weighted by Crippen LogP contribution is 2.08. The van der Waals surface area contributed by atoms with Gasteiger partial charge in [0.25, 0.3) is 5.91 Å². The molecule has 104 valence electrons. The lowest BCUT2D eigenvalue weighted by Crippen LogP contribution is -2.23. The van der Waals surface area contributed by atoms with Gasteiger partial charge in [-0.1, -0.05) is 24.4 Å². The van der Waals surface area contributed by atoms with E-state index in [1.807, 2.05) is 14.0 Å². The Morgan fingerprint density at radius 2 is 2.15 bits per heavy atom. The van der Waals surface area contributed by atoms with E-state index in [9.17, 15) is 4.79 Å². The molecule has 5 nitrogen and oxygen atoms in total. The third-order valence-electron chi connectivity index (χ3n) is 3.19. The van der Waals surface area contributed by atoms with Crippen LogP contribution in [0.3, 0.4) is 0 Å². The first-order valence-electron chi connectivity index (χ1n) is 6.14. The molecule has 6 heteroatoms. The number of nitrogens with one attached hydrogen (secondary N) is 1. The molecule has 0 spiro atoms. The second-order valence-electron chi connectivity index (χ2n) is 4.51. The van der Waals surface area contributed by atoms with E-state index < -0.39 is 0 Å². The van der Waals surface area contributed by atoms with Gasteiger partial charge in [0.1, 0.15) is 4.99 Å². The molecule has 20 heavy (non-hydrogen) atoms. The van der Waals surface area contributed by atoms with Crippen molar-refractivity contribution in [3.8, 4) is 0 Å². The first-order chi connectivity index (χ1) is 9.49. The number of thiocarbonyl (C=S) groups is 1. The summed E-state index contributed by atoms with van der Waals surface area (Å²) in [5.41, 5.74) is 8.81. The van der Waals surface area contributed by atoms with Crippen LogP contribution >= 0.6 is 12.2 Å². The van der Waals surface area contributed by atoms with Gasteiger partial charge in [0.15, 0.2) is 0 Å². The van der Waals surface area contributed by atoms with E-state index in [1.165, 1.54) is 0 Å². The summed E-state index contributed by atoms with van der Waals surface area (Å²) >= 11 is 4.90. The van der Waals surface area contributed by atoms with E-state index in [0.717, 1.165) is 11.3 Å². The molecule has 0 bridgehead atoms. The summed E-state index contributed by atoms with van der Waals surface area (Å²) in [7, 11) is 1.87. The highest BCUT2D eigenvalue weighted by Gasteiger charge is 2.09. The van der Waals surface area contributed by atoms with Crippen molar-refractivity contribution >= 4 is 23.1 Å². The Kier molecular flexibility index (Phi) is 4.14. The summed E-state index contributed by atoms with van der Waals surface area (Å²) in [6, 6.07) is 6.96. The van der Waals surface area contributed by atoms with Crippen LogP contribution in [0.2, 0.25) is 0 Å². The molecule has 2 rings (SSSR count). The first-order valence-corrected chi connectivity index (χ1v) is 6.55. The van der Waals surface area contributed by atoms with Crippen molar-refractivity contribution in [3.63, 3.8) is 0 Å². The minimum atomic E-state index is -0.161. The van der Waals surface area contributed by atoms with Crippen LogP contribution in [0.1, 0.15) is 27.2 Å². The van der Waals surface area contributed by atoms with Gasteiger partial charge in [0.2, 0.25) is 0 Å². The van der Waals surface area contributed by atoms with Crippen LogP contribution in [0.4, 0.5) is 0 Å². The molecule has 1 amide bonds. The number of hydrogen-bond acceptors (Lipinski definition) is 3. The molecule has 0 saturated heterocycles. The van der Waals surface area contributed by atoms with Crippen LogP contribution in [0.5, 0.6) is 0 Å². The molecule has 1 aromatic carbocycles. The number of nitrogens with two attached hydrogens (primary N) is 1. The van der Waals surface area contributed by atoms with Crippen molar-refractivity contribution in [3.05, 3.63) is 52.8 Å². The van der Waals surface area contributed by atoms with Gasteiger partial charge in [-0.25, -0.2) is 0 Å². The van der Waals surface area contributed by atoms with Crippen molar-refractivity contribution in [2.75, 3.05) is 0 Å². The average Bonchev–Trinajstić information content (AvgIpc) is 2.76. The van der Waals surface area contributed by atoms with Crippen LogP contribution in [-0.2, 0) is 13.6 Å². The monoisotopic (exact) mass is 288 g/mol. The van der Waals surface area contributed by atoms with E-state index in [1.54, 1.807) is 35.1 Å². The summed E-state index contributed by atoms with van der Waals surface area (Å²) in [5.74, 6) is -0.161. The summed E-state index contributed by atoms with van der Waals surface area (Å²) in [4.78, 5) is 12.4. The van der Waals surface area contributed by atoms with Gasteiger partial charge in [0.05, 0.1) is 6.20 Å². The third-order valence-corrected chi connectivity index (χ3v) is 3.42. The number of rotatable bonds is 4. The predicted molar refractivity (Wildman–Crippen MR) is 81.4 cm³/mol. The largest absolute Gasteiger partial charge is 0.389 e. The van der Waals surface area contributed by atoms with E-state index in [2.05, 4.69) is 10.4 Å². The number of nitrogens with zero attached hydrogens (tertiary/aromatic N) is 2. The number of carbonyl (C=O) groups excluding carboxylic acids is 1. The summed E-state index contributed by atoms with van der Waals surface area (Å²) in [6.45, 7) is 2.40. The third kappa shape index (κ3) is 3.03. The normalized spacial score (nSPS) is 10.3. The van der Waals surface area contributed by atoms with Crippen LogP contribution in [0, 0.1) is 6.92 Å². The van der Waals surface area contributed by atoms with Gasteiger partial charge in [-0.2, -0.15) is 5.10 Å². The van der Waals surface area contributed by atoms with Gasteiger partial charge in [-0.3, -0.25) is 9.48 Å². The van der Waals surface area contributed by atoms with Crippen molar-refractivity contribution in [1.82, 2.24) is 15.1 Å². The van der Waals surface area contributed by atoms with Crippen LogP contribution in [-0.4, -0.2) is 20.7 Å². The van der Waals surface area contributed by atoms with Crippen LogP contribution < -0.4 is 11.1 Å². The highest BCUT2D eigenvalue weighted by atomic mass is 32.1. The van der Waals surface area contributed by atoms with Gasteiger partial charge in [-0.15, -0.1) is 0 Å². The Morgan fingerprint density at radius 3 is 2.75 bits per heavy atom. The van der Waals surface area contributed by atoms with E-state index in [-0.39, 0.29) is 10.9 Å². The Morgan fingerprint density at radius 1 is 1.45 bits per heavy atom. The summed E-state index contributed by atoms with van der Waals surface area (Å²) < 4.78 is 1.77. The van der Waals surface area contributed by atoms with Gasteiger partial charge < -0.3 is 11.1 Å². The molecule has 0 unspecified atom stereocenters. The molecule has 0 aliphatic rings. The van der Waals surface area contributed by atoms with Crippen molar-refractivity contribution < 1.29 is 4.79 Å². The molecule has 0 fully saturated rings. The zero-order valence-corrected chi connectivity index (χ0v) is 12.2. The number of carbonyl (C=O) groups is 1. The van der Waals surface area contributed by atoms with E-state index in [0.29, 0.717) is 17.7 Å². The van der Waals surface area contributed by atoms with Gasteiger partial charge in [0, 0.05) is 36.0 Å². The zero-order valence-electron chi connectivity index (χ0n) is 11.4. The zero-order chi connectivity index (χ0) is 14.7. The fourth-order valence-electron chi connectivity index (χ4n) is 1.81. The Balaban J connectivity index is 2.07. The van der Waals surface area contributed by atoms with Crippen molar-refractivity contribution in [1.29, 1.82) is 0 Å². The fourth-order valence-corrected chi connectivity index (χ4v) is 1.94. The second-order valence-corrected chi connectivity index (χ2v) is 4.95. The molecule has 0 atom stereocenters. The fraction of sp³-hybridized carbons (Fsp3) is 0.214. The van der Waals surface area contributed by atoms with Crippen LogP contribution in [0.25, 0.3) is 0 Å². The molecule has 0 radical (unpaired) electrons. The lowest BCUT2D eigenvalue weighted by molar-refractivity contribution is 0.0951. The molecular formula is C14H16N4OS. The summed E-state index contributed by atoms with van der Waals surface area (Å²) in [5, 5.41) is 7.00. The smallest absolute Gasteiger partial charge is 0.251 e. The molecule has 0 aliphatic carbocycles. The lowest BCUT2D eigenvalue weighted by Gasteiger charge is -2.06. The average molecular weight is 288 g/mol. The standard InChI is InChI=1S/C14H16N4OS/c1-9-12(8-17-18(9)2)7-16-14(19)11-5-3-4-10(6-11)13(15)20/h3-6,8H,7H2,1-2H3,(H2,15,20)(H,16,19). The maximum absolute atomic E-state index is 12.1. The number of benzene rings is 1. The van der Waals surface area contributed by atoms with Gasteiger partial charge in [-0.05, 0) is 19.1 Å². The number of aromatic nitrogens is 2. The number of amides is 1. The minimum absolute atomic E-state index is 0.161.